The molecule has 0 saturated carbocycles. The van der Waals surface area contributed by atoms with Crippen molar-refractivity contribution >= 4 is 29.9 Å². The molecule has 2 amide bonds. The van der Waals surface area contributed by atoms with E-state index in [-0.39, 0.29) is 29.9 Å². The highest BCUT2D eigenvalue weighted by Crippen LogP contribution is 2.23. The molecule has 1 aliphatic heterocycles. The number of amides is 2. The Bertz CT molecular complexity index is 859. The first-order valence-corrected chi connectivity index (χ1v) is 9.13. The Kier molecular flexibility index (Phi) is 7.54. The molecule has 1 atom stereocenters. The molecule has 2 aromatic rings. The van der Waals surface area contributed by atoms with Gasteiger partial charge in [0.25, 0.3) is 11.8 Å². The van der Waals surface area contributed by atoms with Gasteiger partial charge in [0.15, 0.2) is 0 Å². The van der Waals surface area contributed by atoms with Gasteiger partial charge >= 0.3 is 0 Å². The lowest BCUT2D eigenvalue weighted by molar-refractivity contribution is 0.0736. The maximum atomic E-state index is 13.8. The van der Waals surface area contributed by atoms with Gasteiger partial charge in [0.05, 0.1) is 5.56 Å². The summed E-state index contributed by atoms with van der Waals surface area (Å²) in [6, 6.07) is 11.2. The van der Waals surface area contributed by atoms with E-state index in [0.717, 1.165) is 31.5 Å². The second-order valence-electron chi connectivity index (χ2n) is 6.82. The summed E-state index contributed by atoms with van der Waals surface area (Å²) >= 11 is 0. The predicted octanol–water partition coefficient (Wildman–Crippen LogP) is 3.63. The smallest absolute Gasteiger partial charge is 0.258 e. The first kappa shape index (κ1) is 21.9. The molecule has 150 valence electrons. The third-order valence-electron chi connectivity index (χ3n) is 4.93. The van der Waals surface area contributed by atoms with E-state index in [4.69, 9.17) is 0 Å². The number of aryl methyl sites for hydroxylation is 1. The van der Waals surface area contributed by atoms with Gasteiger partial charge in [-0.2, -0.15) is 0 Å². The fourth-order valence-electron chi connectivity index (χ4n) is 3.44. The second kappa shape index (κ2) is 9.66. The first-order valence-electron chi connectivity index (χ1n) is 9.13. The number of likely N-dealkylation sites (tertiary alicyclic amines) is 1. The highest BCUT2D eigenvalue weighted by Gasteiger charge is 2.29. The maximum absolute atomic E-state index is 13.8. The number of nitrogens with zero attached hydrogens (tertiary/aromatic N) is 1. The van der Waals surface area contributed by atoms with Crippen molar-refractivity contribution in [3.8, 4) is 0 Å². The molecule has 0 aliphatic carbocycles. The minimum Gasteiger partial charge on any atom is -0.334 e. The van der Waals surface area contributed by atoms with Gasteiger partial charge < -0.3 is 15.5 Å². The molecular weight excluding hydrogens is 381 g/mol. The van der Waals surface area contributed by atoms with E-state index in [2.05, 4.69) is 10.6 Å². The summed E-state index contributed by atoms with van der Waals surface area (Å²) in [5.41, 5.74) is 1.82. The minimum atomic E-state index is -0.577. The summed E-state index contributed by atoms with van der Waals surface area (Å²) in [6.07, 6.45) is 1.97. The molecule has 1 saturated heterocycles. The molecule has 2 N–H and O–H groups in total. The van der Waals surface area contributed by atoms with Crippen molar-refractivity contribution in [1.82, 2.24) is 10.2 Å². The van der Waals surface area contributed by atoms with Crippen molar-refractivity contribution in [2.45, 2.75) is 25.8 Å². The van der Waals surface area contributed by atoms with Gasteiger partial charge in [-0.1, -0.05) is 18.2 Å². The van der Waals surface area contributed by atoms with Gasteiger partial charge in [-0.3, -0.25) is 9.59 Å². The zero-order valence-corrected chi connectivity index (χ0v) is 16.8. The SMILES string of the molecule is CNCC1CCCN1C(=O)c1ccc(C)c(NC(=O)c2ccccc2F)c1.Cl. The van der Waals surface area contributed by atoms with Gasteiger partial charge in [-0.25, -0.2) is 4.39 Å². The van der Waals surface area contributed by atoms with Crippen LogP contribution in [0.4, 0.5) is 10.1 Å². The van der Waals surface area contributed by atoms with Crippen LogP contribution in [-0.2, 0) is 0 Å². The topological polar surface area (TPSA) is 61.4 Å². The van der Waals surface area contributed by atoms with Gasteiger partial charge in [0.1, 0.15) is 5.82 Å². The number of hydrogen-bond acceptors (Lipinski definition) is 3. The Hall–Kier alpha value is -2.44. The van der Waals surface area contributed by atoms with Crippen LogP contribution < -0.4 is 10.6 Å². The summed E-state index contributed by atoms with van der Waals surface area (Å²) in [5.74, 6) is -1.16. The van der Waals surface area contributed by atoms with Gasteiger partial charge in [-0.15, -0.1) is 12.4 Å². The van der Waals surface area contributed by atoms with Crippen LogP contribution in [-0.4, -0.2) is 42.9 Å². The number of anilines is 1. The quantitative estimate of drug-likeness (QED) is 0.798. The fourth-order valence-corrected chi connectivity index (χ4v) is 3.44. The van der Waals surface area contributed by atoms with Crippen LogP contribution in [0.25, 0.3) is 0 Å². The molecule has 0 spiro atoms. The molecule has 1 fully saturated rings. The molecule has 2 aromatic carbocycles. The largest absolute Gasteiger partial charge is 0.334 e. The summed E-state index contributed by atoms with van der Waals surface area (Å²) in [7, 11) is 1.88. The van der Waals surface area contributed by atoms with Crippen LogP contribution in [0.1, 0.15) is 39.1 Å². The average molecular weight is 406 g/mol. The predicted molar refractivity (Wildman–Crippen MR) is 111 cm³/mol. The molecule has 3 rings (SSSR count). The Morgan fingerprint density at radius 3 is 2.68 bits per heavy atom. The summed E-state index contributed by atoms with van der Waals surface area (Å²) in [5, 5.41) is 5.86. The third kappa shape index (κ3) is 4.69. The van der Waals surface area contributed by atoms with E-state index < -0.39 is 11.7 Å². The average Bonchev–Trinajstić information content (AvgIpc) is 3.12. The van der Waals surface area contributed by atoms with Gasteiger partial charge in [-0.05, 0) is 56.6 Å². The molecule has 1 unspecified atom stereocenters. The van der Waals surface area contributed by atoms with Crippen molar-refractivity contribution in [3.63, 3.8) is 0 Å². The van der Waals surface area contributed by atoms with Crippen LogP contribution >= 0.6 is 12.4 Å². The van der Waals surface area contributed by atoms with E-state index in [9.17, 15) is 14.0 Å². The Balaban J connectivity index is 0.00000280. The van der Waals surface area contributed by atoms with Gasteiger partial charge in [0, 0.05) is 30.4 Å². The van der Waals surface area contributed by atoms with E-state index in [1.165, 1.54) is 18.2 Å². The first-order chi connectivity index (χ1) is 13.0. The zero-order valence-electron chi connectivity index (χ0n) is 16.0. The summed E-state index contributed by atoms with van der Waals surface area (Å²) < 4.78 is 13.8. The third-order valence-corrected chi connectivity index (χ3v) is 4.93. The Morgan fingerprint density at radius 1 is 1.21 bits per heavy atom. The fraction of sp³-hybridized carbons (Fsp3) is 0.333. The normalized spacial score (nSPS) is 15.8. The lowest BCUT2D eigenvalue weighted by Gasteiger charge is -2.25. The molecular formula is C21H25ClFN3O2. The number of rotatable bonds is 5. The van der Waals surface area contributed by atoms with Crippen molar-refractivity contribution in [3.05, 3.63) is 65.0 Å². The van der Waals surface area contributed by atoms with Crippen molar-refractivity contribution in [2.24, 2.45) is 0 Å². The number of hydrogen-bond donors (Lipinski definition) is 2. The minimum absolute atomic E-state index is 0. The molecule has 28 heavy (non-hydrogen) atoms. The van der Waals surface area contributed by atoms with E-state index in [1.54, 1.807) is 24.3 Å². The number of nitrogens with one attached hydrogen (secondary N) is 2. The second-order valence-corrected chi connectivity index (χ2v) is 6.82. The Labute approximate surface area is 170 Å². The van der Waals surface area contributed by atoms with Crippen molar-refractivity contribution in [2.75, 3.05) is 25.5 Å². The number of likely N-dealkylation sites (N-methyl/N-ethyl adjacent to an activating group) is 1. The highest BCUT2D eigenvalue weighted by molar-refractivity contribution is 6.05. The molecule has 0 bridgehead atoms. The van der Waals surface area contributed by atoms with Crippen LogP contribution in [0, 0.1) is 12.7 Å². The molecule has 7 heteroatoms. The lowest BCUT2D eigenvalue weighted by Crippen LogP contribution is -2.40. The highest BCUT2D eigenvalue weighted by atomic mass is 35.5. The molecule has 0 radical (unpaired) electrons. The maximum Gasteiger partial charge on any atom is 0.258 e. The standard InChI is InChI=1S/C21H24FN3O2.ClH/c1-14-9-10-15(21(27)25-11-5-6-16(25)13-23-2)12-19(14)24-20(26)17-7-3-4-8-18(17)22;/h3-4,7-10,12,16,23H,5-6,11,13H2,1-2H3,(H,24,26);1H. The Morgan fingerprint density at radius 2 is 1.96 bits per heavy atom. The van der Waals surface area contributed by atoms with Crippen LogP contribution in [0.2, 0.25) is 0 Å². The molecule has 0 aromatic heterocycles. The van der Waals surface area contributed by atoms with E-state index >= 15 is 0 Å². The number of carbonyl (C=O) groups excluding carboxylic acids is 2. The molecule has 1 aliphatic rings. The summed E-state index contributed by atoms with van der Waals surface area (Å²) in [6.45, 7) is 3.33. The van der Waals surface area contributed by atoms with Crippen LogP contribution in [0.15, 0.2) is 42.5 Å². The molecule has 5 nitrogen and oxygen atoms in total. The number of benzene rings is 2. The zero-order chi connectivity index (χ0) is 19.4. The van der Waals surface area contributed by atoms with Crippen molar-refractivity contribution in [1.29, 1.82) is 0 Å². The monoisotopic (exact) mass is 405 g/mol. The van der Waals surface area contributed by atoms with Crippen LogP contribution in [0.3, 0.4) is 0 Å². The van der Waals surface area contributed by atoms with Crippen LogP contribution in [0.5, 0.6) is 0 Å². The number of carbonyl (C=O) groups is 2. The number of halogens is 2. The van der Waals surface area contributed by atoms with E-state index in [0.29, 0.717) is 11.3 Å². The summed E-state index contributed by atoms with van der Waals surface area (Å²) in [4.78, 5) is 27.2. The van der Waals surface area contributed by atoms with E-state index in [1.807, 2.05) is 18.9 Å². The molecule has 1 heterocycles. The van der Waals surface area contributed by atoms with Crippen molar-refractivity contribution < 1.29 is 14.0 Å². The lowest BCUT2D eigenvalue weighted by atomic mass is 10.1. The van der Waals surface area contributed by atoms with Gasteiger partial charge in [0.2, 0.25) is 0 Å².